The van der Waals surface area contributed by atoms with Crippen LogP contribution in [0.3, 0.4) is 0 Å². The van der Waals surface area contributed by atoms with Crippen molar-refractivity contribution in [3.63, 3.8) is 0 Å². The van der Waals surface area contributed by atoms with Crippen molar-refractivity contribution in [2.24, 2.45) is 0 Å². The first-order chi connectivity index (χ1) is 15.3. The van der Waals surface area contributed by atoms with Crippen molar-refractivity contribution < 1.29 is 19.5 Å². The summed E-state index contributed by atoms with van der Waals surface area (Å²) in [6.07, 6.45) is 3.21. The zero-order chi connectivity index (χ0) is 23.6. The van der Waals surface area contributed by atoms with Crippen molar-refractivity contribution in [1.82, 2.24) is 5.48 Å². The Balaban J connectivity index is 2.29. The molecule has 2 aromatic carbocycles. The third-order valence-electron chi connectivity index (χ3n) is 5.21. The number of nitrogens with zero attached hydrogens (tertiary/aromatic N) is 1. The maximum absolute atomic E-state index is 11.3. The number of rotatable bonds is 12. The smallest absolute Gasteiger partial charge is 0.243 e. The molecule has 2 rings (SSSR count). The van der Waals surface area contributed by atoms with E-state index in [0.717, 1.165) is 35.5 Å². The standard InChI is InChI=1S/C26H34N2O4/c1-19(2)31-23-13-9-21(10-14-23)26(18-27,17-7-5-6-8-25(29)28-30)22-11-15-24(16-12-22)32-20(3)4/h9-16,19-20,30H,5-8,17H2,1-4H3,(H,28,29). The quantitative estimate of drug-likeness (QED) is 0.258. The summed E-state index contributed by atoms with van der Waals surface area (Å²) in [6.45, 7) is 7.91. The van der Waals surface area contributed by atoms with E-state index in [2.05, 4.69) is 6.07 Å². The summed E-state index contributed by atoms with van der Waals surface area (Å²) in [5, 5.41) is 19.0. The molecule has 0 aromatic heterocycles. The second kappa shape index (κ2) is 12.1. The van der Waals surface area contributed by atoms with E-state index in [4.69, 9.17) is 14.7 Å². The van der Waals surface area contributed by atoms with Gasteiger partial charge in [0.2, 0.25) is 5.91 Å². The predicted octanol–water partition coefficient (Wildman–Crippen LogP) is 5.53. The van der Waals surface area contributed by atoms with Crippen molar-refractivity contribution in [3.8, 4) is 17.6 Å². The Labute approximate surface area is 191 Å². The van der Waals surface area contributed by atoms with Gasteiger partial charge in [0, 0.05) is 6.42 Å². The third-order valence-corrected chi connectivity index (χ3v) is 5.21. The number of carbonyl (C=O) groups excluding carboxylic acids is 1. The molecule has 0 heterocycles. The van der Waals surface area contributed by atoms with Gasteiger partial charge in [-0.2, -0.15) is 5.26 Å². The van der Waals surface area contributed by atoms with Gasteiger partial charge in [-0.25, -0.2) is 5.48 Å². The van der Waals surface area contributed by atoms with Crippen LogP contribution in [0.4, 0.5) is 0 Å². The first-order valence-electron chi connectivity index (χ1n) is 11.2. The molecule has 0 aliphatic carbocycles. The lowest BCUT2D eigenvalue weighted by molar-refractivity contribution is -0.129. The van der Waals surface area contributed by atoms with Gasteiger partial charge in [0.05, 0.1) is 18.3 Å². The first-order valence-corrected chi connectivity index (χ1v) is 11.2. The SMILES string of the molecule is CC(C)Oc1ccc(C(C#N)(CCCCCC(=O)NO)c2ccc(OC(C)C)cc2)cc1. The average Bonchev–Trinajstić information content (AvgIpc) is 2.77. The summed E-state index contributed by atoms with van der Waals surface area (Å²) < 4.78 is 11.5. The Morgan fingerprint density at radius 1 is 0.906 bits per heavy atom. The molecule has 1 amide bonds. The molecule has 0 unspecified atom stereocenters. The molecular formula is C26H34N2O4. The molecule has 2 N–H and O–H groups in total. The summed E-state index contributed by atoms with van der Waals surface area (Å²) in [6, 6.07) is 18.0. The minimum absolute atomic E-state index is 0.0752. The fourth-order valence-corrected chi connectivity index (χ4v) is 3.73. The van der Waals surface area contributed by atoms with E-state index in [1.807, 2.05) is 76.2 Å². The van der Waals surface area contributed by atoms with Crippen LogP contribution in [-0.2, 0) is 10.2 Å². The average molecular weight is 439 g/mol. The highest BCUT2D eigenvalue weighted by atomic mass is 16.5. The Bertz CT molecular complexity index is 830. The summed E-state index contributed by atoms with van der Waals surface area (Å²) in [5.74, 6) is 1.15. The van der Waals surface area contributed by atoms with Crippen LogP contribution in [0.25, 0.3) is 0 Å². The Morgan fingerprint density at radius 3 is 1.75 bits per heavy atom. The van der Waals surface area contributed by atoms with Crippen molar-refractivity contribution in [3.05, 3.63) is 59.7 Å². The van der Waals surface area contributed by atoms with Gasteiger partial charge < -0.3 is 9.47 Å². The minimum atomic E-state index is -0.827. The van der Waals surface area contributed by atoms with E-state index in [1.54, 1.807) is 5.48 Å². The van der Waals surface area contributed by atoms with Crippen LogP contribution < -0.4 is 15.0 Å². The number of nitriles is 1. The lowest BCUT2D eigenvalue weighted by Gasteiger charge is -2.28. The van der Waals surface area contributed by atoms with E-state index >= 15 is 0 Å². The molecule has 0 aliphatic rings. The number of amides is 1. The predicted molar refractivity (Wildman–Crippen MR) is 124 cm³/mol. The molecule has 32 heavy (non-hydrogen) atoms. The number of hydrogen-bond donors (Lipinski definition) is 2. The van der Waals surface area contributed by atoms with Crippen LogP contribution in [0.2, 0.25) is 0 Å². The second-order valence-electron chi connectivity index (χ2n) is 8.49. The van der Waals surface area contributed by atoms with Gasteiger partial charge in [0.15, 0.2) is 0 Å². The molecule has 172 valence electrons. The van der Waals surface area contributed by atoms with Gasteiger partial charge in [-0.15, -0.1) is 0 Å². The first kappa shape index (κ1) is 25.2. The molecule has 0 saturated heterocycles. The number of unbranched alkanes of at least 4 members (excludes halogenated alkanes) is 2. The Hall–Kier alpha value is -3.04. The maximum Gasteiger partial charge on any atom is 0.243 e. The number of ether oxygens (including phenoxy) is 2. The monoisotopic (exact) mass is 438 g/mol. The van der Waals surface area contributed by atoms with E-state index in [1.165, 1.54) is 0 Å². The van der Waals surface area contributed by atoms with Gasteiger partial charge in [-0.3, -0.25) is 10.0 Å². The van der Waals surface area contributed by atoms with Crippen LogP contribution in [0.1, 0.15) is 70.9 Å². The lowest BCUT2D eigenvalue weighted by atomic mass is 9.72. The number of benzene rings is 2. The fraction of sp³-hybridized carbons (Fsp3) is 0.462. The highest BCUT2D eigenvalue weighted by molar-refractivity contribution is 5.74. The largest absolute Gasteiger partial charge is 0.491 e. The van der Waals surface area contributed by atoms with Gasteiger partial charge in [0.1, 0.15) is 16.9 Å². The van der Waals surface area contributed by atoms with E-state index in [-0.39, 0.29) is 18.6 Å². The Morgan fingerprint density at radius 2 is 1.38 bits per heavy atom. The van der Waals surface area contributed by atoms with Gasteiger partial charge in [0.25, 0.3) is 0 Å². The summed E-state index contributed by atoms with van der Waals surface area (Å²) in [5.41, 5.74) is 2.64. The van der Waals surface area contributed by atoms with E-state index in [0.29, 0.717) is 12.8 Å². The molecular weight excluding hydrogens is 404 g/mol. The molecule has 2 aromatic rings. The van der Waals surface area contributed by atoms with Crippen molar-refractivity contribution in [1.29, 1.82) is 5.26 Å². The van der Waals surface area contributed by atoms with Crippen molar-refractivity contribution in [2.75, 3.05) is 0 Å². The maximum atomic E-state index is 11.3. The van der Waals surface area contributed by atoms with Crippen LogP contribution in [0.5, 0.6) is 11.5 Å². The van der Waals surface area contributed by atoms with Crippen LogP contribution in [-0.4, -0.2) is 23.3 Å². The minimum Gasteiger partial charge on any atom is -0.491 e. The zero-order valence-electron chi connectivity index (χ0n) is 19.4. The molecule has 6 nitrogen and oxygen atoms in total. The summed E-state index contributed by atoms with van der Waals surface area (Å²) in [7, 11) is 0. The van der Waals surface area contributed by atoms with Gasteiger partial charge in [-0.1, -0.05) is 37.1 Å². The zero-order valence-corrected chi connectivity index (χ0v) is 19.4. The number of nitrogens with one attached hydrogen (secondary N) is 1. The molecule has 0 fully saturated rings. The number of hydroxylamine groups is 1. The molecule has 0 spiro atoms. The highest BCUT2D eigenvalue weighted by Crippen LogP contribution is 2.38. The van der Waals surface area contributed by atoms with Gasteiger partial charge in [-0.05, 0) is 75.9 Å². The molecule has 0 saturated carbocycles. The molecule has 0 radical (unpaired) electrons. The van der Waals surface area contributed by atoms with Gasteiger partial charge >= 0.3 is 0 Å². The molecule has 0 atom stereocenters. The number of carbonyl (C=O) groups is 1. The lowest BCUT2D eigenvalue weighted by Crippen LogP contribution is -2.26. The van der Waals surface area contributed by atoms with E-state index < -0.39 is 11.3 Å². The van der Waals surface area contributed by atoms with Crippen LogP contribution >= 0.6 is 0 Å². The topological polar surface area (TPSA) is 91.6 Å². The van der Waals surface area contributed by atoms with Crippen LogP contribution in [0, 0.1) is 11.3 Å². The normalized spacial score (nSPS) is 11.3. The second-order valence-corrected chi connectivity index (χ2v) is 8.49. The molecule has 0 aliphatic heterocycles. The summed E-state index contributed by atoms with van der Waals surface area (Å²) >= 11 is 0. The third kappa shape index (κ3) is 7.00. The van der Waals surface area contributed by atoms with Crippen LogP contribution in [0.15, 0.2) is 48.5 Å². The number of hydrogen-bond acceptors (Lipinski definition) is 5. The van der Waals surface area contributed by atoms with Crippen molar-refractivity contribution in [2.45, 2.75) is 77.4 Å². The fourth-order valence-electron chi connectivity index (χ4n) is 3.73. The molecule has 0 bridgehead atoms. The molecule has 6 heteroatoms. The highest BCUT2D eigenvalue weighted by Gasteiger charge is 2.34. The van der Waals surface area contributed by atoms with Crippen molar-refractivity contribution >= 4 is 5.91 Å². The Kier molecular flexibility index (Phi) is 9.55. The van der Waals surface area contributed by atoms with E-state index in [9.17, 15) is 10.1 Å². The summed E-state index contributed by atoms with van der Waals surface area (Å²) in [4.78, 5) is 11.3.